The van der Waals surface area contributed by atoms with Crippen molar-refractivity contribution in [3.63, 3.8) is 0 Å². The number of carbonyl (C=O) groups is 1. The zero-order chi connectivity index (χ0) is 22.5. The first kappa shape index (κ1) is 22.8. The summed E-state index contributed by atoms with van der Waals surface area (Å²) in [5, 5.41) is 0.715. The number of aryl methyl sites for hydroxylation is 2. The van der Waals surface area contributed by atoms with Crippen LogP contribution in [-0.2, 0) is 17.9 Å². The van der Waals surface area contributed by atoms with Crippen molar-refractivity contribution in [2.45, 2.75) is 40.0 Å². The van der Waals surface area contributed by atoms with Crippen molar-refractivity contribution >= 4 is 23.2 Å². The number of benzene rings is 2. The van der Waals surface area contributed by atoms with Gasteiger partial charge in [-0.1, -0.05) is 23.7 Å². The summed E-state index contributed by atoms with van der Waals surface area (Å²) in [6.45, 7) is 6.45. The number of rotatable bonds is 8. The standard InChI is InChI=1S/C25H29ClN2O3/c1-17-13-23(14-18(2)24(17)26)31-19(3)25(29)28(16-22-7-6-12-30-22)15-20-8-10-21(11-9-20)27(4)5/h6-14,19H,15-16H2,1-5H3. The maximum Gasteiger partial charge on any atom is 0.264 e. The minimum Gasteiger partial charge on any atom is -0.481 e. The van der Waals surface area contributed by atoms with E-state index in [2.05, 4.69) is 0 Å². The number of nitrogens with zero attached hydrogens (tertiary/aromatic N) is 2. The third kappa shape index (κ3) is 5.82. The van der Waals surface area contributed by atoms with E-state index in [4.69, 9.17) is 20.8 Å². The Morgan fingerprint density at radius 1 is 1.06 bits per heavy atom. The van der Waals surface area contributed by atoms with E-state index in [-0.39, 0.29) is 5.91 Å². The average Bonchev–Trinajstić information content (AvgIpc) is 3.24. The molecule has 0 saturated heterocycles. The molecule has 164 valence electrons. The lowest BCUT2D eigenvalue weighted by Crippen LogP contribution is -2.39. The van der Waals surface area contributed by atoms with Crippen molar-refractivity contribution in [3.05, 3.63) is 82.3 Å². The van der Waals surface area contributed by atoms with Crippen molar-refractivity contribution in [1.29, 1.82) is 0 Å². The smallest absolute Gasteiger partial charge is 0.264 e. The second kappa shape index (κ2) is 9.92. The molecule has 0 N–H and O–H groups in total. The SMILES string of the molecule is Cc1cc(OC(C)C(=O)N(Cc2ccc(N(C)C)cc2)Cc2ccco2)cc(C)c1Cl. The number of halogens is 1. The van der Waals surface area contributed by atoms with Crippen LogP contribution in [0, 0.1) is 13.8 Å². The van der Waals surface area contributed by atoms with E-state index in [1.54, 1.807) is 18.1 Å². The molecule has 3 aromatic rings. The van der Waals surface area contributed by atoms with E-state index in [1.165, 1.54) is 0 Å². The minimum absolute atomic E-state index is 0.113. The number of hydrogen-bond acceptors (Lipinski definition) is 4. The summed E-state index contributed by atoms with van der Waals surface area (Å²) in [5.41, 5.74) is 3.99. The van der Waals surface area contributed by atoms with Gasteiger partial charge in [-0.2, -0.15) is 0 Å². The highest BCUT2D eigenvalue weighted by molar-refractivity contribution is 6.32. The fraction of sp³-hybridized carbons (Fsp3) is 0.320. The molecule has 1 amide bonds. The van der Waals surface area contributed by atoms with Crippen LogP contribution in [0.2, 0.25) is 5.02 Å². The normalized spacial score (nSPS) is 11.8. The van der Waals surface area contributed by atoms with Crippen LogP contribution >= 0.6 is 11.6 Å². The van der Waals surface area contributed by atoms with E-state index in [0.29, 0.717) is 23.9 Å². The van der Waals surface area contributed by atoms with Crippen LogP contribution in [0.4, 0.5) is 5.69 Å². The van der Waals surface area contributed by atoms with Crippen LogP contribution in [0.5, 0.6) is 5.75 Å². The quantitative estimate of drug-likeness (QED) is 0.456. The Labute approximate surface area is 189 Å². The summed E-state index contributed by atoms with van der Waals surface area (Å²) in [6.07, 6.45) is 0.958. The molecule has 0 spiro atoms. The molecule has 0 aliphatic carbocycles. The van der Waals surface area contributed by atoms with Crippen LogP contribution in [-0.4, -0.2) is 31.0 Å². The monoisotopic (exact) mass is 440 g/mol. The van der Waals surface area contributed by atoms with E-state index >= 15 is 0 Å². The van der Waals surface area contributed by atoms with Gasteiger partial charge in [0.2, 0.25) is 0 Å². The molecule has 0 bridgehead atoms. The molecule has 31 heavy (non-hydrogen) atoms. The summed E-state index contributed by atoms with van der Waals surface area (Å²) in [6, 6.07) is 15.6. The van der Waals surface area contributed by atoms with Gasteiger partial charge in [-0.25, -0.2) is 0 Å². The number of hydrogen-bond donors (Lipinski definition) is 0. The Morgan fingerprint density at radius 2 is 1.71 bits per heavy atom. The Hall–Kier alpha value is -2.92. The number of ether oxygens (including phenoxy) is 1. The lowest BCUT2D eigenvalue weighted by atomic mass is 10.1. The highest BCUT2D eigenvalue weighted by Crippen LogP contribution is 2.27. The molecule has 1 atom stereocenters. The third-order valence-electron chi connectivity index (χ3n) is 5.14. The Bertz CT molecular complexity index is 991. The first-order valence-corrected chi connectivity index (χ1v) is 10.6. The van der Waals surface area contributed by atoms with Gasteiger partial charge in [0.25, 0.3) is 5.91 Å². The Morgan fingerprint density at radius 3 is 2.26 bits per heavy atom. The van der Waals surface area contributed by atoms with E-state index in [0.717, 1.165) is 28.1 Å². The lowest BCUT2D eigenvalue weighted by Gasteiger charge is -2.26. The van der Waals surface area contributed by atoms with Gasteiger partial charge in [-0.15, -0.1) is 0 Å². The zero-order valence-corrected chi connectivity index (χ0v) is 19.4. The highest BCUT2D eigenvalue weighted by Gasteiger charge is 2.24. The molecule has 1 heterocycles. The van der Waals surface area contributed by atoms with Crippen molar-refractivity contribution in [2.24, 2.45) is 0 Å². The molecular formula is C25H29ClN2O3. The molecule has 0 saturated carbocycles. The fourth-order valence-corrected chi connectivity index (χ4v) is 3.52. The molecule has 1 aromatic heterocycles. The predicted octanol–water partition coefficient (Wildman–Crippen LogP) is 5.61. The first-order valence-electron chi connectivity index (χ1n) is 10.3. The van der Waals surface area contributed by atoms with Crippen LogP contribution in [0.25, 0.3) is 0 Å². The van der Waals surface area contributed by atoms with Gasteiger partial charge >= 0.3 is 0 Å². The molecular weight excluding hydrogens is 412 g/mol. The second-order valence-corrected chi connectivity index (χ2v) is 8.34. The molecule has 0 aliphatic rings. The van der Waals surface area contributed by atoms with E-state index < -0.39 is 6.10 Å². The third-order valence-corrected chi connectivity index (χ3v) is 5.73. The highest BCUT2D eigenvalue weighted by atomic mass is 35.5. The molecule has 6 heteroatoms. The topological polar surface area (TPSA) is 45.9 Å². The number of anilines is 1. The second-order valence-electron chi connectivity index (χ2n) is 7.97. The molecule has 1 unspecified atom stereocenters. The summed E-state index contributed by atoms with van der Waals surface area (Å²) in [5.74, 6) is 1.25. The van der Waals surface area contributed by atoms with Crippen molar-refractivity contribution in [3.8, 4) is 5.75 Å². The van der Waals surface area contributed by atoms with Crippen LogP contribution < -0.4 is 9.64 Å². The summed E-state index contributed by atoms with van der Waals surface area (Å²) in [7, 11) is 4.00. The van der Waals surface area contributed by atoms with Gasteiger partial charge in [0.1, 0.15) is 11.5 Å². The van der Waals surface area contributed by atoms with Crippen molar-refractivity contribution < 1.29 is 13.9 Å². The fourth-order valence-electron chi connectivity index (χ4n) is 3.41. The maximum atomic E-state index is 13.3. The van der Waals surface area contributed by atoms with Gasteiger partial charge in [0.05, 0.1) is 12.8 Å². The van der Waals surface area contributed by atoms with Crippen molar-refractivity contribution in [1.82, 2.24) is 4.90 Å². The van der Waals surface area contributed by atoms with Gasteiger partial charge in [0.15, 0.2) is 6.10 Å². The summed E-state index contributed by atoms with van der Waals surface area (Å²) >= 11 is 6.26. The number of carbonyl (C=O) groups excluding carboxylic acids is 1. The minimum atomic E-state index is -0.656. The van der Waals surface area contributed by atoms with Gasteiger partial charge in [-0.3, -0.25) is 4.79 Å². The average molecular weight is 441 g/mol. The van der Waals surface area contributed by atoms with E-state index in [9.17, 15) is 4.79 Å². The molecule has 2 aromatic carbocycles. The molecule has 3 rings (SSSR count). The molecule has 0 fully saturated rings. The molecule has 0 radical (unpaired) electrons. The number of amides is 1. The van der Waals surface area contributed by atoms with Crippen LogP contribution in [0.3, 0.4) is 0 Å². The molecule has 0 aliphatic heterocycles. The van der Waals surface area contributed by atoms with Gasteiger partial charge in [-0.05, 0) is 73.9 Å². The van der Waals surface area contributed by atoms with Gasteiger partial charge < -0.3 is 19.0 Å². The summed E-state index contributed by atoms with van der Waals surface area (Å²) in [4.78, 5) is 17.1. The van der Waals surface area contributed by atoms with Crippen LogP contribution in [0.1, 0.15) is 29.4 Å². The van der Waals surface area contributed by atoms with Crippen molar-refractivity contribution in [2.75, 3.05) is 19.0 Å². The maximum absolute atomic E-state index is 13.3. The lowest BCUT2D eigenvalue weighted by molar-refractivity contribution is -0.139. The van der Waals surface area contributed by atoms with Gasteiger partial charge in [0, 0.05) is 31.4 Å². The first-order chi connectivity index (χ1) is 14.7. The van der Waals surface area contributed by atoms with Crippen LogP contribution in [0.15, 0.2) is 59.2 Å². The predicted molar refractivity (Wildman–Crippen MR) is 125 cm³/mol. The largest absolute Gasteiger partial charge is 0.481 e. The molecule has 5 nitrogen and oxygen atoms in total. The number of furan rings is 1. The summed E-state index contributed by atoms with van der Waals surface area (Å²) < 4.78 is 11.5. The zero-order valence-electron chi connectivity index (χ0n) is 18.7. The van der Waals surface area contributed by atoms with E-state index in [1.807, 2.05) is 81.4 Å². The Kier molecular flexibility index (Phi) is 7.29. The Balaban J connectivity index is 1.78.